The number of methoxy groups -OCH3 is 1. The smallest absolute Gasteiger partial charge is 0.409 e. The molecule has 1 heterocycles. The van der Waals surface area contributed by atoms with Crippen molar-refractivity contribution in [1.82, 2.24) is 9.80 Å². The van der Waals surface area contributed by atoms with Gasteiger partial charge in [-0.05, 0) is 0 Å². The number of ether oxygens (including phenoxy) is 1. The van der Waals surface area contributed by atoms with Crippen LogP contribution in [0.25, 0.3) is 0 Å². The third kappa shape index (κ3) is 2.09. The van der Waals surface area contributed by atoms with Crippen LogP contribution < -0.4 is 0 Å². The van der Waals surface area contributed by atoms with E-state index in [2.05, 4.69) is 4.74 Å². The molecule has 0 bridgehead atoms. The number of nitrogens with zero attached hydrogens (tertiary/aromatic N) is 2. The number of carbonyl (C=O) groups excluding carboxylic acids is 1. The van der Waals surface area contributed by atoms with Crippen molar-refractivity contribution in [2.45, 2.75) is 0 Å². The minimum atomic E-state index is -0.285. The Balaban J connectivity index is 2.30. The number of piperazine rings is 1. The van der Waals surface area contributed by atoms with Crippen LogP contribution in [0.2, 0.25) is 0 Å². The normalized spacial score (nSPS) is 19.3. The molecule has 0 aliphatic carbocycles. The molecule has 0 spiro atoms. The molecule has 1 saturated heterocycles. The van der Waals surface area contributed by atoms with Crippen molar-refractivity contribution < 1.29 is 14.6 Å². The summed E-state index contributed by atoms with van der Waals surface area (Å²) >= 11 is 0. The number of hydrogen-bond donors (Lipinski definition) is 1. The summed E-state index contributed by atoms with van der Waals surface area (Å²) < 4.78 is 4.56. The number of carbonyl (C=O) groups is 1. The first-order chi connectivity index (χ1) is 5.77. The fourth-order valence-corrected chi connectivity index (χ4v) is 1.20. The van der Waals surface area contributed by atoms with Gasteiger partial charge in [-0.3, -0.25) is 4.90 Å². The van der Waals surface area contributed by atoms with E-state index in [1.807, 2.05) is 4.90 Å². The van der Waals surface area contributed by atoms with Crippen LogP contribution in [0.15, 0.2) is 0 Å². The Kier molecular flexibility index (Phi) is 3.31. The van der Waals surface area contributed by atoms with E-state index in [1.54, 1.807) is 4.90 Å². The van der Waals surface area contributed by atoms with Gasteiger partial charge in [0, 0.05) is 26.2 Å². The zero-order chi connectivity index (χ0) is 8.97. The molecule has 1 aliphatic heterocycles. The van der Waals surface area contributed by atoms with Gasteiger partial charge in [0.1, 0.15) is 0 Å². The van der Waals surface area contributed by atoms with Crippen molar-refractivity contribution in [1.29, 1.82) is 0 Å². The Morgan fingerprint density at radius 3 is 2.42 bits per heavy atom. The van der Waals surface area contributed by atoms with E-state index in [1.165, 1.54) is 7.11 Å². The molecule has 0 aromatic carbocycles. The Morgan fingerprint density at radius 2 is 2.00 bits per heavy atom. The van der Waals surface area contributed by atoms with E-state index in [4.69, 9.17) is 5.11 Å². The second-order valence-electron chi connectivity index (χ2n) is 2.72. The highest BCUT2D eigenvalue weighted by Gasteiger charge is 2.20. The van der Waals surface area contributed by atoms with E-state index in [-0.39, 0.29) is 12.8 Å². The van der Waals surface area contributed by atoms with Crippen molar-refractivity contribution in [2.24, 2.45) is 0 Å². The maximum absolute atomic E-state index is 11.0. The van der Waals surface area contributed by atoms with Crippen LogP contribution in [0.5, 0.6) is 0 Å². The van der Waals surface area contributed by atoms with Crippen LogP contribution in [0, 0.1) is 0 Å². The highest BCUT2D eigenvalue weighted by molar-refractivity contribution is 5.67. The van der Waals surface area contributed by atoms with E-state index in [0.717, 1.165) is 0 Å². The van der Waals surface area contributed by atoms with E-state index in [0.29, 0.717) is 26.2 Å². The summed E-state index contributed by atoms with van der Waals surface area (Å²) in [4.78, 5) is 14.5. The monoisotopic (exact) mass is 174 g/mol. The van der Waals surface area contributed by atoms with Crippen LogP contribution in [0.3, 0.4) is 0 Å². The lowest BCUT2D eigenvalue weighted by Gasteiger charge is -2.32. The lowest BCUT2D eigenvalue weighted by Crippen LogP contribution is -2.48. The standard InChI is InChI=1S/C7H14N2O3/c1-12-7(11)9-4-2-8(6-10)3-5-9/h10H,2-6H2,1H3. The Bertz CT molecular complexity index is 155. The SMILES string of the molecule is COC(=O)N1CCN(CO)CC1. The minimum Gasteiger partial charge on any atom is -0.453 e. The summed E-state index contributed by atoms with van der Waals surface area (Å²) in [5.41, 5.74) is 0. The third-order valence-electron chi connectivity index (χ3n) is 2.01. The van der Waals surface area contributed by atoms with Gasteiger partial charge in [0.05, 0.1) is 13.8 Å². The molecule has 0 saturated carbocycles. The van der Waals surface area contributed by atoms with E-state index >= 15 is 0 Å². The summed E-state index contributed by atoms with van der Waals surface area (Å²) in [6.07, 6.45) is -0.285. The molecular weight excluding hydrogens is 160 g/mol. The van der Waals surface area contributed by atoms with Crippen molar-refractivity contribution in [3.8, 4) is 0 Å². The summed E-state index contributed by atoms with van der Waals surface area (Å²) in [5.74, 6) is 0. The minimum absolute atomic E-state index is 0.0645. The van der Waals surface area contributed by atoms with E-state index < -0.39 is 0 Å². The molecule has 5 heteroatoms. The van der Waals surface area contributed by atoms with Gasteiger partial charge >= 0.3 is 6.09 Å². The fraction of sp³-hybridized carbons (Fsp3) is 0.857. The zero-order valence-electron chi connectivity index (χ0n) is 7.19. The Morgan fingerprint density at radius 1 is 1.42 bits per heavy atom. The summed E-state index contributed by atoms with van der Waals surface area (Å²) in [5, 5.41) is 8.76. The number of amides is 1. The molecule has 70 valence electrons. The number of aliphatic hydroxyl groups excluding tert-OH is 1. The molecule has 1 aliphatic rings. The van der Waals surface area contributed by atoms with Gasteiger partial charge in [-0.2, -0.15) is 0 Å². The van der Waals surface area contributed by atoms with Gasteiger partial charge in [-0.25, -0.2) is 4.79 Å². The second kappa shape index (κ2) is 4.27. The zero-order valence-corrected chi connectivity index (χ0v) is 7.19. The topological polar surface area (TPSA) is 53.0 Å². The average molecular weight is 174 g/mol. The highest BCUT2D eigenvalue weighted by Crippen LogP contribution is 2.01. The second-order valence-corrected chi connectivity index (χ2v) is 2.72. The van der Waals surface area contributed by atoms with Gasteiger partial charge in [-0.15, -0.1) is 0 Å². The molecule has 12 heavy (non-hydrogen) atoms. The molecular formula is C7H14N2O3. The third-order valence-corrected chi connectivity index (χ3v) is 2.01. The summed E-state index contributed by atoms with van der Waals surface area (Å²) in [6.45, 7) is 2.76. The molecule has 1 fully saturated rings. The molecule has 0 radical (unpaired) electrons. The van der Waals surface area contributed by atoms with Gasteiger partial charge in [0.25, 0.3) is 0 Å². The van der Waals surface area contributed by atoms with Gasteiger partial charge in [0.15, 0.2) is 0 Å². The van der Waals surface area contributed by atoms with Crippen LogP contribution in [-0.4, -0.2) is 61.0 Å². The molecule has 1 rings (SSSR count). The maximum atomic E-state index is 11.0. The number of aliphatic hydroxyl groups is 1. The Labute approximate surface area is 71.5 Å². The van der Waals surface area contributed by atoms with Gasteiger partial charge in [-0.1, -0.05) is 0 Å². The van der Waals surface area contributed by atoms with Crippen molar-refractivity contribution in [3.05, 3.63) is 0 Å². The molecule has 0 unspecified atom stereocenters. The summed E-state index contributed by atoms with van der Waals surface area (Å²) in [7, 11) is 1.38. The molecule has 5 nitrogen and oxygen atoms in total. The predicted octanol–water partition coefficient (Wildman–Crippen LogP) is -0.680. The van der Waals surface area contributed by atoms with Crippen molar-refractivity contribution in [2.75, 3.05) is 40.0 Å². The average Bonchev–Trinajstić information content (AvgIpc) is 2.17. The first-order valence-electron chi connectivity index (χ1n) is 3.94. The molecule has 1 N–H and O–H groups in total. The quantitative estimate of drug-likeness (QED) is 0.572. The van der Waals surface area contributed by atoms with E-state index in [9.17, 15) is 4.79 Å². The van der Waals surface area contributed by atoms with Crippen LogP contribution in [0.1, 0.15) is 0 Å². The van der Waals surface area contributed by atoms with Crippen LogP contribution in [-0.2, 0) is 4.74 Å². The lowest BCUT2D eigenvalue weighted by molar-refractivity contribution is 0.0482. The van der Waals surface area contributed by atoms with Crippen LogP contribution >= 0.6 is 0 Å². The molecule has 0 aromatic heterocycles. The number of rotatable bonds is 1. The predicted molar refractivity (Wildman–Crippen MR) is 42.6 cm³/mol. The lowest BCUT2D eigenvalue weighted by atomic mass is 10.3. The van der Waals surface area contributed by atoms with Crippen molar-refractivity contribution in [3.63, 3.8) is 0 Å². The van der Waals surface area contributed by atoms with Gasteiger partial charge < -0.3 is 14.7 Å². The number of hydrogen-bond acceptors (Lipinski definition) is 4. The molecule has 0 aromatic rings. The Hall–Kier alpha value is -0.810. The maximum Gasteiger partial charge on any atom is 0.409 e. The van der Waals surface area contributed by atoms with Gasteiger partial charge in [0.2, 0.25) is 0 Å². The largest absolute Gasteiger partial charge is 0.453 e. The molecule has 0 atom stereocenters. The first kappa shape index (κ1) is 9.28. The first-order valence-corrected chi connectivity index (χ1v) is 3.94. The van der Waals surface area contributed by atoms with Crippen LogP contribution in [0.4, 0.5) is 4.79 Å². The summed E-state index contributed by atoms with van der Waals surface area (Å²) in [6, 6.07) is 0. The highest BCUT2D eigenvalue weighted by atomic mass is 16.5. The fourth-order valence-electron chi connectivity index (χ4n) is 1.20. The van der Waals surface area contributed by atoms with Crippen molar-refractivity contribution >= 4 is 6.09 Å². The molecule has 1 amide bonds.